The molecule has 0 atom stereocenters. The van der Waals surface area contributed by atoms with Crippen molar-refractivity contribution in [2.45, 2.75) is 6.92 Å². The molecule has 2 aromatic rings. The lowest BCUT2D eigenvalue weighted by atomic mass is 10.1. The van der Waals surface area contributed by atoms with Crippen LogP contribution >= 0.6 is 11.6 Å². The zero-order chi connectivity index (χ0) is 14.7. The Bertz CT molecular complexity index is 722. The Morgan fingerprint density at radius 3 is 2.95 bits per heavy atom. The summed E-state index contributed by atoms with van der Waals surface area (Å²) >= 11 is 5.75. The number of nitriles is 1. The average molecular weight is 287 g/mol. The first-order valence-corrected chi connectivity index (χ1v) is 6.13. The molecule has 6 heteroatoms. The predicted octanol–water partition coefficient (Wildman–Crippen LogP) is 2.75. The summed E-state index contributed by atoms with van der Waals surface area (Å²) in [5.41, 5.74) is 7.77. The average Bonchev–Trinajstić information content (AvgIpc) is 2.41. The summed E-state index contributed by atoms with van der Waals surface area (Å²) in [7, 11) is 0. The van der Waals surface area contributed by atoms with Crippen molar-refractivity contribution < 1.29 is 4.79 Å². The molecule has 0 spiro atoms. The smallest absolute Gasteiger partial charge is 0.257 e. The molecule has 1 heterocycles. The van der Waals surface area contributed by atoms with Crippen molar-refractivity contribution in [2.75, 3.05) is 11.1 Å². The van der Waals surface area contributed by atoms with Gasteiger partial charge in [0, 0.05) is 0 Å². The number of carbonyl (C=O) groups is 1. The summed E-state index contributed by atoms with van der Waals surface area (Å²) in [6, 6.07) is 8.66. The lowest BCUT2D eigenvalue weighted by Crippen LogP contribution is -2.15. The van der Waals surface area contributed by atoms with Crippen LogP contribution in [0.25, 0.3) is 0 Å². The number of benzene rings is 1. The Kier molecular flexibility index (Phi) is 3.87. The van der Waals surface area contributed by atoms with E-state index in [1.165, 1.54) is 12.3 Å². The summed E-state index contributed by atoms with van der Waals surface area (Å²) in [6.07, 6.45) is 1.32. The van der Waals surface area contributed by atoms with E-state index in [1.54, 1.807) is 25.1 Å². The van der Waals surface area contributed by atoms with Gasteiger partial charge in [0.25, 0.3) is 5.91 Å². The summed E-state index contributed by atoms with van der Waals surface area (Å²) in [6.45, 7) is 1.80. The van der Waals surface area contributed by atoms with Gasteiger partial charge in [-0.3, -0.25) is 4.79 Å². The number of anilines is 2. The van der Waals surface area contributed by atoms with Crippen LogP contribution in [0.15, 0.2) is 30.5 Å². The second-order valence-electron chi connectivity index (χ2n) is 4.16. The number of hydrogen-bond donors (Lipinski definition) is 2. The van der Waals surface area contributed by atoms with E-state index in [2.05, 4.69) is 16.4 Å². The lowest BCUT2D eigenvalue weighted by molar-refractivity contribution is 0.102. The molecule has 0 unspecified atom stereocenters. The van der Waals surface area contributed by atoms with E-state index < -0.39 is 5.91 Å². The second-order valence-corrected chi connectivity index (χ2v) is 4.54. The third-order valence-electron chi connectivity index (χ3n) is 2.78. The lowest BCUT2D eigenvalue weighted by Gasteiger charge is -2.10. The number of nitrogens with two attached hydrogens (primary N) is 1. The highest BCUT2D eigenvalue weighted by Crippen LogP contribution is 2.21. The first-order chi connectivity index (χ1) is 9.52. The first-order valence-electron chi connectivity index (χ1n) is 5.75. The molecule has 0 saturated heterocycles. The monoisotopic (exact) mass is 286 g/mol. The quantitative estimate of drug-likeness (QED) is 0.830. The van der Waals surface area contributed by atoms with Gasteiger partial charge >= 0.3 is 0 Å². The van der Waals surface area contributed by atoms with Gasteiger partial charge in [0.2, 0.25) is 0 Å². The number of halogens is 1. The molecular weight excluding hydrogens is 276 g/mol. The number of nitrogens with zero attached hydrogens (tertiary/aromatic N) is 2. The fourth-order valence-electron chi connectivity index (χ4n) is 1.75. The van der Waals surface area contributed by atoms with Crippen LogP contribution in [0.4, 0.5) is 11.4 Å². The van der Waals surface area contributed by atoms with Crippen molar-refractivity contribution in [3.63, 3.8) is 0 Å². The van der Waals surface area contributed by atoms with Crippen LogP contribution in [-0.2, 0) is 0 Å². The Hall–Kier alpha value is -2.58. The Balaban J connectivity index is 2.36. The van der Waals surface area contributed by atoms with Crippen molar-refractivity contribution in [3.8, 4) is 6.07 Å². The van der Waals surface area contributed by atoms with Crippen LogP contribution in [0.1, 0.15) is 21.5 Å². The molecule has 20 heavy (non-hydrogen) atoms. The van der Waals surface area contributed by atoms with E-state index in [1.807, 2.05) is 0 Å². The predicted molar refractivity (Wildman–Crippen MR) is 77.5 cm³/mol. The minimum absolute atomic E-state index is 0.175. The highest BCUT2D eigenvalue weighted by Gasteiger charge is 2.14. The molecule has 5 nitrogen and oxygen atoms in total. The molecule has 100 valence electrons. The highest BCUT2D eigenvalue weighted by molar-refractivity contribution is 6.30. The molecular formula is C14H11ClN4O. The molecule has 1 aromatic heterocycles. The van der Waals surface area contributed by atoms with Gasteiger partial charge in [-0.1, -0.05) is 23.7 Å². The molecule has 0 bridgehead atoms. The number of hydrogen-bond acceptors (Lipinski definition) is 4. The largest absolute Gasteiger partial charge is 0.397 e. The van der Waals surface area contributed by atoms with Gasteiger partial charge < -0.3 is 11.1 Å². The number of carbonyl (C=O) groups excluding carboxylic acids is 1. The van der Waals surface area contributed by atoms with Crippen molar-refractivity contribution in [2.24, 2.45) is 0 Å². The molecule has 0 aliphatic heterocycles. The molecule has 2 rings (SSSR count). The Morgan fingerprint density at radius 1 is 1.50 bits per heavy atom. The molecule has 0 aliphatic carbocycles. The fourth-order valence-corrected chi connectivity index (χ4v) is 1.90. The fraction of sp³-hybridized carbons (Fsp3) is 0.0714. The minimum atomic E-state index is -0.436. The zero-order valence-corrected chi connectivity index (χ0v) is 11.4. The topological polar surface area (TPSA) is 91.8 Å². The van der Waals surface area contributed by atoms with E-state index in [4.69, 9.17) is 22.6 Å². The summed E-state index contributed by atoms with van der Waals surface area (Å²) < 4.78 is 0. The summed E-state index contributed by atoms with van der Waals surface area (Å²) in [5, 5.41) is 12.0. The number of rotatable bonds is 2. The highest BCUT2D eigenvalue weighted by atomic mass is 35.5. The van der Waals surface area contributed by atoms with Crippen LogP contribution in [0.5, 0.6) is 0 Å². The van der Waals surface area contributed by atoms with Gasteiger partial charge in [-0.15, -0.1) is 0 Å². The normalized spacial score (nSPS) is 9.85. The van der Waals surface area contributed by atoms with Gasteiger partial charge in [-0.05, 0) is 24.6 Å². The van der Waals surface area contributed by atoms with E-state index in [0.717, 1.165) is 5.56 Å². The molecule has 0 radical (unpaired) electrons. The zero-order valence-electron chi connectivity index (χ0n) is 10.6. The number of pyridine rings is 1. The van der Waals surface area contributed by atoms with E-state index >= 15 is 0 Å². The van der Waals surface area contributed by atoms with Crippen LogP contribution in [0.3, 0.4) is 0 Å². The van der Waals surface area contributed by atoms with Gasteiger partial charge in [0.15, 0.2) is 0 Å². The maximum atomic E-state index is 12.2. The minimum Gasteiger partial charge on any atom is -0.397 e. The van der Waals surface area contributed by atoms with Crippen molar-refractivity contribution in [1.29, 1.82) is 5.26 Å². The van der Waals surface area contributed by atoms with Crippen LogP contribution in [0, 0.1) is 18.3 Å². The van der Waals surface area contributed by atoms with Gasteiger partial charge in [0.05, 0.1) is 28.7 Å². The van der Waals surface area contributed by atoms with Crippen molar-refractivity contribution in [1.82, 2.24) is 4.98 Å². The Labute approximate surface area is 121 Å². The maximum Gasteiger partial charge on any atom is 0.257 e. The number of amides is 1. The van der Waals surface area contributed by atoms with Gasteiger partial charge in [-0.2, -0.15) is 5.26 Å². The standard InChI is InChI=1S/C14H11ClN4O/c1-8-3-2-4-12(10(8)6-16)19-14(20)9-5-13(15)18-7-11(9)17/h2-5,7H,17H2,1H3,(H,19,20). The van der Waals surface area contributed by atoms with Crippen LogP contribution in [0.2, 0.25) is 5.15 Å². The second kappa shape index (κ2) is 5.59. The van der Waals surface area contributed by atoms with Crippen molar-refractivity contribution in [3.05, 3.63) is 52.3 Å². The third kappa shape index (κ3) is 2.71. The number of aryl methyl sites for hydroxylation is 1. The maximum absolute atomic E-state index is 12.2. The number of aromatic nitrogens is 1. The van der Waals surface area contributed by atoms with Gasteiger partial charge in [0.1, 0.15) is 11.2 Å². The van der Waals surface area contributed by atoms with Crippen LogP contribution < -0.4 is 11.1 Å². The molecule has 0 fully saturated rings. The number of nitrogen functional groups attached to an aromatic ring is 1. The summed E-state index contributed by atoms with van der Waals surface area (Å²) in [4.78, 5) is 16.0. The molecule has 1 aromatic carbocycles. The number of nitrogens with one attached hydrogen (secondary N) is 1. The molecule has 0 aliphatic rings. The van der Waals surface area contributed by atoms with Crippen molar-refractivity contribution >= 4 is 28.9 Å². The van der Waals surface area contributed by atoms with E-state index in [0.29, 0.717) is 11.3 Å². The van der Waals surface area contributed by atoms with Gasteiger partial charge in [-0.25, -0.2) is 4.98 Å². The summed E-state index contributed by atoms with van der Waals surface area (Å²) in [5.74, 6) is -0.436. The Morgan fingerprint density at radius 2 is 2.25 bits per heavy atom. The molecule has 3 N–H and O–H groups in total. The van der Waals surface area contributed by atoms with E-state index in [-0.39, 0.29) is 16.4 Å². The third-order valence-corrected chi connectivity index (χ3v) is 2.99. The molecule has 0 saturated carbocycles. The first kappa shape index (κ1) is 13.8. The SMILES string of the molecule is Cc1cccc(NC(=O)c2cc(Cl)ncc2N)c1C#N. The molecule has 1 amide bonds. The van der Waals surface area contributed by atoms with E-state index in [9.17, 15) is 4.79 Å². The van der Waals surface area contributed by atoms with Crippen LogP contribution in [-0.4, -0.2) is 10.9 Å².